The van der Waals surface area contributed by atoms with E-state index in [1.165, 1.54) is 12.1 Å². The third-order valence-electron chi connectivity index (χ3n) is 5.56. The first-order chi connectivity index (χ1) is 18.1. The van der Waals surface area contributed by atoms with Crippen LogP contribution in [0.3, 0.4) is 0 Å². The molecule has 9 nitrogen and oxygen atoms in total. The van der Waals surface area contributed by atoms with E-state index < -0.39 is 24.6 Å². The van der Waals surface area contributed by atoms with Gasteiger partial charge in [-0.05, 0) is 36.6 Å². The van der Waals surface area contributed by atoms with Crippen molar-refractivity contribution in [2.75, 3.05) is 30.3 Å². The van der Waals surface area contributed by atoms with Crippen molar-refractivity contribution in [1.82, 2.24) is 25.2 Å². The van der Waals surface area contributed by atoms with Crippen molar-refractivity contribution in [2.45, 2.75) is 31.6 Å². The van der Waals surface area contributed by atoms with E-state index in [9.17, 15) is 22.4 Å². The van der Waals surface area contributed by atoms with Gasteiger partial charge < -0.3 is 25.6 Å². The molecule has 2 heterocycles. The zero-order valence-electron chi connectivity index (χ0n) is 19.9. The van der Waals surface area contributed by atoms with E-state index >= 15 is 0 Å². The highest BCUT2D eigenvalue weighted by Crippen LogP contribution is 2.24. The van der Waals surface area contributed by atoms with E-state index in [-0.39, 0.29) is 29.0 Å². The number of aromatic nitrogens is 3. The summed E-state index contributed by atoms with van der Waals surface area (Å²) in [5.74, 6) is -0.774. The van der Waals surface area contributed by atoms with Gasteiger partial charge >= 0.3 is 18.2 Å². The normalized spacial score (nSPS) is 14.2. The van der Waals surface area contributed by atoms with Gasteiger partial charge in [-0.3, -0.25) is 0 Å². The first-order valence-corrected chi connectivity index (χ1v) is 12.0. The van der Waals surface area contributed by atoms with Gasteiger partial charge in [-0.2, -0.15) is 28.1 Å². The van der Waals surface area contributed by atoms with Gasteiger partial charge in [0, 0.05) is 31.4 Å². The maximum atomic E-state index is 13.5. The maximum Gasteiger partial charge on any atom is 0.422 e. The van der Waals surface area contributed by atoms with Gasteiger partial charge in [0.15, 0.2) is 6.61 Å². The minimum atomic E-state index is -4.59. The predicted octanol–water partition coefficient (Wildman–Crippen LogP) is 5.13. The zero-order chi connectivity index (χ0) is 27.1. The molecule has 0 unspecified atom stereocenters. The third-order valence-corrected chi connectivity index (χ3v) is 5.85. The molecule has 1 aliphatic heterocycles. The lowest BCUT2D eigenvalue weighted by Crippen LogP contribution is -2.46. The number of piperidine rings is 1. The molecule has 0 aliphatic carbocycles. The van der Waals surface area contributed by atoms with Crippen LogP contribution in [0.15, 0.2) is 48.5 Å². The fraction of sp³-hybridized carbons (Fsp3) is 0.333. The van der Waals surface area contributed by atoms with Gasteiger partial charge in [0.25, 0.3) is 0 Å². The lowest BCUT2D eigenvalue weighted by molar-refractivity contribution is -0.154. The summed E-state index contributed by atoms with van der Waals surface area (Å²) in [6.07, 6.45) is -3.48. The van der Waals surface area contributed by atoms with Gasteiger partial charge in [0.05, 0.1) is 5.02 Å². The van der Waals surface area contributed by atoms with E-state index in [0.717, 1.165) is 11.6 Å². The third kappa shape index (κ3) is 8.07. The molecule has 1 aliphatic rings. The Labute approximate surface area is 220 Å². The largest absolute Gasteiger partial charge is 0.454 e. The first kappa shape index (κ1) is 27.2. The minimum absolute atomic E-state index is 0.0140. The highest BCUT2D eigenvalue weighted by Gasteiger charge is 2.29. The second kappa shape index (κ2) is 12.1. The molecule has 202 valence electrons. The highest BCUT2D eigenvalue weighted by molar-refractivity contribution is 6.31. The fourth-order valence-electron chi connectivity index (χ4n) is 3.69. The average Bonchev–Trinajstić information content (AvgIpc) is 2.89. The number of carbonyl (C=O) groups is 1. The Morgan fingerprint density at radius 2 is 1.76 bits per heavy atom. The molecule has 0 saturated carbocycles. The van der Waals surface area contributed by atoms with Crippen molar-refractivity contribution in [3.63, 3.8) is 0 Å². The van der Waals surface area contributed by atoms with E-state index in [1.807, 2.05) is 30.3 Å². The summed E-state index contributed by atoms with van der Waals surface area (Å²) >= 11 is 5.79. The van der Waals surface area contributed by atoms with Crippen LogP contribution in [0.5, 0.6) is 6.01 Å². The summed E-state index contributed by atoms with van der Waals surface area (Å²) in [6, 6.07) is 12.4. The molecule has 3 N–H and O–H groups in total. The van der Waals surface area contributed by atoms with Gasteiger partial charge in [-0.15, -0.1) is 0 Å². The first-order valence-electron chi connectivity index (χ1n) is 11.7. The molecule has 38 heavy (non-hydrogen) atoms. The number of rotatable bonds is 8. The Morgan fingerprint density at radius 3 is 2.45 bits per heavy atom. The molecule has 4 rings (SSSR count). The second-order valence-electron chi connectivity index (χ2n) is 8.47. The number of nitrogens with zero attached hydrogens (tertiary/aromatic N) is 4. The van der Waals surface area contributed by atoms with E-state index in [0.29, 0.717) is 38.2 Å². The number of benzene rings is 2. The van der Waals surface area contributed by atoms with Crippen molar-refractivity contribution in [2.24, 2.45) is 0 Å². The van der Waals surface area contributed by atoms with E-state index in [1.54, 1.807) is 4.90 Å². The molecule has 2 amide bonds. The van der Waals surface area contributed by atoms with Crippen LogP contribution < -0.4 is 20.7 Å². The van der Waals surface area contributed by atoms with Crippen molar-refractivity contribution >= 4 is 35.2 Å². The lowest BCUT2D eigenvalue weighted by atomic mass is 10.1. The quantitative estimate of drug-likeness (QED) is 0.332. The number of nitrogens with one attached hydrogen (secondary N) is 3. The van der Waals surface area contributed by atoms with Crippen LogP contribution in [0.4, 0.5) is 39.9 Å². The lowest BCUT2D eigenvalue weighted by Gasteiger charge is -2.32. The molecule has 1 saturated heterocycles. The van der Waals surface area contributed by atoms with Gasteiger partial charge in [0.2, 0.25) is 11.9 Å². The second-order valence-corrected chi connectivity index (χ2v) is 8.88. The number of carbonyl (C=O) groups excluding carboxylic acids is 1. The standard InChI is InChI=1S/C24H24ClF4N7O2/c25-18-12-17(6-7-19(18)26)32-21-33-20(34-22(35-21)38-14-24(27,28)29)31-16-8-10-36(11-9-16)23(37)30-13-15-4-2-1-3-5-15/h1-7,12,16H,8-11,13-14H2,(H,30,37)(H2,31,32,33,34,35). The van der Waals surface area contributed by atoms with Crippen molar-refractivity contribution in [1.29, 1.82) is 0 Å². The van der Waals surface area contributed by atoms with Crippen LogP contribution in [0.25, 0.3) is 0 Å². The van der Waals surface area contributed by atoms with Crippen molar-refractivity contribution < 1.29 is 27.1 Å². The van der Waals surface area contributed by atoms with Gasteiger partial charge in [-0.25, -0.2) is 9.18 Å². The SMILES string of the molecule is O=C(NCc1ccccc1)N1CCC(Nc2nc(Nc3ccc(F)c(Cl)c3)nc(OCC(F)(F)F)n2)CC1. The predicted molar refractivity (Wildman–Crippen MR) is 133 cm³/mol. The number of amides is 2. The molecular weight excluding hydrogens is 530 g/mol. The maximum absolute atomic E-state index is 13.5. The molecule has 0 spiro atoms. The topological polar surface area (TPSA) is 104 Å². The van der Waals surface area contributed by atoms with Crippen LogP contribution in [-0.2, 0) is 6.54 Å². The van der Waals surface area contributed by atoms with Crippen LogP contribution in [0, 0.1) is 5.82 Å². The van der Waals surface area contributed by atoms with Crippen LogP contribution >= 0.6 is 11.6 Å². The highest BCUT2D eigenvalue weighted by atomic mass is 35.5. The summed E-state index contributed by atoms with van der Waals surface area (Å²) in [6.45, 7) is -0.257. The van der Waals surface area contributed by atoms with Crippen molar-refractivity contribution in [3.8, 4) is 6.01 Å². The fourth-order valence-corrected chi connectivity index (χ4v) is 3.87. The van der Waals surface area contributed by atoms with Crippen LogP contribution in [0.2, 0.25) is 5.02 Å². The minimum Gasteiger partial charge on any atom is -0.454 e. The summed E-state index contributed by atoms with van der Waals surface area (Å²) in [4.78, 5) is 26.2. The molecular formula is C24H24ClF4N7O2. The Bertz CT molecular complexity index is 1240. The Hall–Kier alpha value is -3.87. The number of urea groups is 1. The number of anilines is 3. The number of ether oxygens (including phenoxy) is 1. The van der Waals surface area contributed by atoms with Crippen molar-refractivity contribution in [3.05, 3.63) is 64.9 Å². The smallest absolute Gasteiger partial charge is 0.422 e. The number of halogens is 5. The average molecular weight is 554 g/mol. The number of alkyl halides is 3. The summed E-state index contributed by atoms with van der Waals surface area (Å²) in [5, 5.41) is 8.57. The molecule has 1 fully saturated rings. The Kier molecular flexibility index (Phi) is 8.66. The van der Waals surface area contributed by atoms with E-state index in [2.05, 4.69) is 30.9 Å². The summed E-state index contributed by atoms with van der Waals surface area (Å²) in [5.41, 5.74) is 1.30. The van der Waals surface area contributed by atoms with Gasteiger partial charge in [-0.1, -0.05) is 41.9 Å². The molecule has 0 radical (unpaired) electrons. The molecule has 0 bridgehead atoms. The summed E-state index contributed by atoms with van der Waals surface area (Å²) in [7, 11) is 0. The van der Waals surface area contributed by atoms with Gasteiger partial charge in [0.1, 0.15) is 5.82 Å². The zero-order valence-corrected chi connectivity index (χ0v) is 20.7. The van der Waals surface area contributed by atoms with Crippen LogP contribution in [0.1, 0.15) is 18.4 Å². The molecule has 14 heteroatoms. The Balaban J connectivity index is 1.38. The number of likely N-dealkylation sites (tertiary alicyclic amines) is 1. The molecule has 2 aromatic carbocycles. The Morgan fingerprint density at radius 1 is 1.05 bits per heavy atom. The number of hydrogen-bond donors (Lipinski definition) is 3. The molecule has 0 atom stereocenters. The molecule has 3 aromatic rings. The summed E-state index contributed by atoms with van der Waals surface area (Å²) < 4.78 is 56.2. The monoisotopic (exact) mass is 553 g/mol. The van der Waals surface area contributed by atoms with E-state index in [4.69, 9.17) is 16.3 Å². The number of hydrogen-bond acceptors (Lipinski definition) is 7. The van der Waals surface area contributed by atoms with Crippen LogP contribution in [-0.4, -0.2) is 57.8 Å². The molecule has 1 aromatic heterocycles.